The highest BCUT2D eigenvalue weighted by atomic mass is 19.1. The average Bonchev–Trinajstić information content (AvgIpc) is 2.60. The van der Waals surface area contributed by atoms with E-state index in [4.69, 9.17) is 0 Å². The van der Waals surface area contributed by atoms with Crippen molar-refractivity contribution in [3.8, 4) is 0 Å². The molecule has 2 saturated heterocycles. The van der Waals surface area contributed by atoms with E-state index in [1.165, 1.54) is 6.07 Å². The molecule has 2 N–H and O–H groups in total. The van der Waals surface area contributed by atoms with Crippen molar-refractivity contribution in [2.75, 3.05) is 24.6 Å². The lowest BCUT2D eigenvalue weighted by Gasteiger charge is -2.52. The van der Waals surface area contributed by atoms with Gasteiger partial charge in [0, 0.05) is 26.1 Å². The van der Waals surface area contributed by atoms with E-state index in [2.05, 4.69) is 10.2 Å². The predicted octanol–water partition coefficient (Wildman–Crippen LogP) is 2.33. The molecule has 1 aliphatic carbocycles. The third-order valence-corrected chi connectivity index (χ3v) is 6.48. The van der Waals surface area contributed by atoms with E-state index in [1.807, 2.05) is 6.07 Å². The maximum atomic E-state index is 14.7. The van der Waals surface area contributed by atoms with Gasteiger partial charge in [0.2, 0.25) is 11.8 Å². The number of benzene rings is 1. The van der Waals surface area contributed by atoms with E-state index in [-0.39, 0.29) is 24.2 Å². The molecule has 1 unspecified atom stereocenters. The summed E-state index contributed by atoms with van der Waals surface area (Å²) in [5.74, 6) is -0.899. The molecular formula is C20H25FN2O3. The number of anilines is 1. The summed E-state index contributed by atoms with van der Waals surface area (Å²) in [6, 6.07) is 5.03. The monoisotopic (exact) mass is 360 g/mol. The highest BCUT2D eigenvalue weighted by molar-refractivity contribution is 6.00. The smallest absolute Gasteiger partial charge is 0.234 e. The minimum atomic E-state index is -0.453. The van der Waals surface area contributed by atoms with Gasteiger partial charge in [-0.05, 0) is 61.1 Å². The molecule has 0 radical (unpaired) electrons. The van der Waals surface area contributed by atoms with Crippen molar-refractivity contribution in [1.29, 1.82) is 0 Å². The number of hydrogen-bond donors (Lipinski definition) is 2. The fraction of sp³-hybridized carbons (Fsp3) is 0.600. The highest BCUT2D eigenvalue weighted by Crippen LogP contribution is 2.52. The first kappa shape index (κ1) is 17.5. The van der Waals surface area contributed by atoms with Gasteiger partial charge in [0.25, 0.3) is 0 Å². The van der Waals surface area contributed by atoms with Crippen LogP contribution < -0.4 is 10.2 Å². The normalized spacial score (nSPS) is 25.9. The zero-order chi connectivity index (χ0) is 18.3. The lowest BCUT2D eigenvalue weighted by molar-refractivity contribution is -0.134. The zero-order valence-corrected chi connectivity index (χ0v) is 14.8. The Morgan fingerprint density at radius 1 is 1.23 bits per heavy atom. The van der Waals surface area contributed by atoms with Crippen LogP contribution in [-0.4, -0.2) is 36.6 Å². The van der Waals surface area contributed by atoms with Crippen molar-refractivity contribution >= 4 is 17.5 Å². The quantitative estimate of drug-likeness (QED) is 0.812. The molecular weight excluding hydrogens is 335 g/mol. The average molecular weight is 360 g/mol. The minimum absolute atomic E-state index is 0.259. The van der Waals surface area contributed by atoms with Crippen LogP contribution in [0.2, 0.25) is 0 Å². The van der Waals surface area contributed by atoms with E-state index in [0.29, 0.717) is 35.4 Å². The largest absolute Gasteiger partial charge is 0.396 e. The lowest BCUT2D eigenvalue weighted by Crippen LogP contribution is -2.48. The minimum Gasteiger partial charge on any atom is -0.396 e. The number of carbonyl (C=O) groups excluding carboxylic acids is 2. The molecule has 1 atom stereocenters. The molecule has 26 heavy (non-hydrogen) atoms. The van der Waals surface area contributed by atoms with Gasteiger partial charge in [-0.25, -0.2) is 4.39 Å². The lowest BCUT2D eigenvalue weighted by atomic mass is 9.58. The Labute approximate surface area is 152 Å². The van der Waals surface area contributed by atoms with Gasteiger partial charge in [0.1, 0.15) is 5.82 Å². The second kappa shape index (κ2) is 6.65. The summed E-state index contributed by atoms with van der Waals surface area (Å²) in [6.45, 7) is 1.93. The molecule has 2 heterocycles. The summed E-state index contributed by atoms with van der Waals surface area (Å²) in [7, 11) is 0. The molecule has 1 aromatic carbocycles. The molecule has 1 aromatic rings. The second-order valence-electron chi connectivity index (χ2n) is 8.16. The number of rotatable bonds is 3. The maximum absolute atomic E-state index is 14.7. The van der Waals surface area contributed by atoms with Gasteiger partial charge in [-0.1, -0.05) is 6.07 Å². The summed E-state index contributed by atoms with van der Waals surface area (Å²) >= 11 is 0. The Morgan fingerprint density at radius 2 is 1.96 bits per heavy atom. The number of piperidine rings is 2. The summed E-state index contributed by atoms with van der Waals surface area (Å²) in [6.07, 6.45) is 4.99. The maximum Gasteiger partial charge on any atom is 0.234 e. The number of nitrogens with zero attached hydrogens (tertiary/aromatic N) is 1. The van der Waals surface area contributed by atoms with Crippen LogP contribution in [0, 0.1) is 17.2 Å². The van der Waals surface area contributed by atoms with Gasteiger partial charge in [0.05, 0.1) is 11.6 Å². The SMILES string of the molecule is O=C1CCC(c2ccc(N3CCC4(CC3)CC(CO)C4)c(F)c2)C(=O)N1. The first-order chi connectivity index (χ1) is 12.5. The van der Waals surface area contributed by atoms with Crippen molar-refractivity contribution in [3.63, 3.8) is 0 Å². The third-order valence-electron chi connectivity index (χ3n) is 6.48. The van der Waals surface area contributed by atoms with Gasteiger partial charge in [-0.2, -0.15) is 0 Å². The number of aliphatic hydroxyl groups excluding tert-OH is 1. The Morgan fingerprint density at radius 3 is 2.58 bits per heavy atom. The highest BCUT2D eigenvalue weighted by Gasteiger charge is 2.45. The molecule has 2 aliphatic heterocycles. The van der Waals surface area contributed by atoms with Crippen LogP contribution in [0.4, 0.5) is 10.1 Å². The molecule has 3 fully saturated rings. The third kappa shape index (κ3) is 3.11. The van der Waals surface area contributed by atoms with Gasteiger partial charge in [-0.3, -0.25) is 14.9 Å². The van der Waals surface area contributed by atoms with Crippen LogP contribution in [0.25, 0.3) is 0 Å². The van der Waals surface area contributed by atoms with E-state index in [9.17, 15) is 19.1 Å². The van der Waals surface area contributed by atoms with Gasteiger partial charge in [-0.15, -0.1) is 0 Å². The molecule has 5 nitrogen and oxygen atoms in total. The van der Waals surface area contributed by atoms with Crippen molar-refractivity contribution in [2.24, 2.45) is 11.3 Å². The number of hydrogen-bond acceptors (Lipinski definition) is 4. The van der Waals surface area contributed by atoms with Crippen molar-refractivity contribution in [2.45, 2.75) is 44.4 Å². The Hall–Kier alpha value is -1.95. The van der Waals surface area contributed by atoms with Crippen molar-refractivity contribution < 1.29 is 19.1 Å². The molecule has 1 saturated carbocycles. The Kier molecular flexibility index (Phi) is 4.47. The van der Waals surface area contributed by atoms with Crippen LogP contribution in [0.1, 0.15) is 50.0 Å². The molecule has 2 amide bonds. The Bertz CT molecular complexity index is 720. The van der Waals surface area contributed by atoms with Gasteiger partial charge in [0.15, 0.2) is 0 Å². The first-order valence-electron chi connectivity index (χ1n) is 9.49. The fourth-order valence-electron chi connectivity index (χ4n) is 4.93. The zero-order valence-electron chi connectivity index (χ0n) is 14.8. The topological polar surface area (TPSA) is 69.6 Å². The summed E-state index contributed by atoms with van der Waals surface area (Å²) < 4.78 is 14.7. The van der Waals surface area contributed by atoms with Gasteiger partial charge < -0.3 is 10.0 Å². The van der Waals surface area contributed by atoms with Crippen LogP contribution in [0.3, 0.4) is 0 Å². The van der Waals surface area contributed by atoms with Crippen molar-refractivity contribution in [1.82, 2.24) is 5.32 Å². The molecule has 1 spiro atoms. The number of nitrogens with one attached hydrogen (secondary N) is 1. The number of aliphatic hydroxyl groups is 1. The molecule has 6 heteroatoms. The van der Waals surface area contributed by atoms with E-state index in [0.717, 1.165) is 38.8 Å². The standard InChI is InChI=1S/C20H25FN2O3/c21-16-9-14(15-2-4-18(25)22-19(15)26)1-3-17(16)23-7-5-20(6-8-23)10-13(11-20)12-24/h1,3,9,13,15,24H,2,4-8,10-12H2,(H,22,25,26). The number of halogens is 1. The number of imide groups is 1. The number of amides is 2. The van der Waals surface area contributed by atoms with Crippen LogP contribution in [0.15, 0.2) is 18.2 Å². The summed E-state index contributed by atoms with van der Waals surface area (Å²) in [5, 5.41) is 11.6. The van der Waals surface area contributed by atoms with Crippen LogP contribution in [0.5, 0.6) is 0 Å². The first-order valence-corrected chi connectivity index (χ1v) is 9.49. The summed E-state index contributed by atoms with van der Waals surface area (Å²) in [4.78, 5) is 25.3. The molecule has 0 bridgehead atoms. The fourth-order valence-corrected chi connectivity index (χ4v) is 4.93. The number of carbonyl (C=O) groups is 2. The molecule has 4 rings (SSSR count). The summed E-state index contributed by atoms with van der Waals surface area (Å²) in [5.41, 5.74) is 1.58. The second-order valence-corrected chi connectivity index (χ2v) is 8.16. The molecule has 140 valence electrons. The van der Waals surface area contributed by atoms with Gasteiger partial charge >= 0.3 is 0 Å². The molecule has 0 aromatic heterocycles. The van der Waals surface area contributed by atoms with E-state index >= 15 is 0 Å². The van der Waals surface area contributed by atoms with E-state index in [1.54, 1.807) is 6.07 Å². The van der Waals surface area contributed by atoms with Crippen LogP contribution >= 0.6 is 0 Å². The molecule has 3 aliphatic rings. The predicted molar refractivity (Wildman–Crippen MR) is 95.2 cm³/mol. The van der Waals surface area contributed by atoms with E-state index < -0.39 is 5.92 Å². The Balaban J connectivity index is 1.42. The van der Waals surface area contributed by atoms with Crippen molar-refractivity contribution in [3.05, 3.63) is 29.6 Å². The van der Waals surface area contributed by atoms with Crippen LogP contribution in [-0.2, 0) is 9.59 Å².